The van der Waals surface area contributed by atoms with Gasteiger partial charge in [-0.2, -0.15) is 13.2 Å². The number of nitrogens with zero attached hydrogens (tertiary/aromatic N) is 3. The predicted molar refractivity (Wildman–Crippen MR) is 103 cm³/mol. The van der Waals surface area contributed by atoms with Crippen LogP contribution in [-0.4, -0.2) is 22.9 Å². The molecule has 0 radical (unpaired) electrons. The van der Waals surface area contributed by atoms with Gasteiger partial charge in [0.05, 0.1) is 23.0 Å². The number of pyridine rings is 2. The molecule has 0 aliphatic heterocycles. The van der Waals surface area contributed by atoms with Gasteiger partial charge in [-0.1, -0.05) is 23.8 Å². The van der Waals surface area contributed by atoms with Gasteiger partial charge < -0.3 is 15.1 Å². The fourth-order valence-corrected chi connectivity index (χ4v) is 3.02. The third kappa shape index (κ3) is 4.88. The molecule has 0 unspecified atom stereocenters. The molecule has 0 fully saturated rings. The number of alkyl halides is 3. The molecular weight excluding hydrogens is 612 g/mol. The molecule has 0 bridgehead atoms. The smallest absolute Gasteiger partial charge is 0.650 e. The summed E-state index contributed by atoms with van der Waals surface area (Å²) in [7, 11) is 1.34. The van der Waals surface area contributed by atoms with E-state index in [9.17, 15) is 26.7 Å². The summed E-state index contributed by atoms with van der Waals surface area (Å²) >= 11 is 0. The number of aromatic nitrogens is 2. The van der Waals surface area contributed by atoms with Crippen LogP contribution in [0.2, 0.25) is 0 Å². The van der Waals surface area contributed by atoms with Crippen molar-refractivity contribution in [1.29, 1.82) is 0 Å². The van der Waals surface area contributed by atoms with Gasteiger partial charge in [0, 0.05) is 16.7 Å². The van der Waals surface area contributed by atoms with Crippen LogP contribution in [-0.2, 0) is 32.7 Å². The maximum atomic E-state index is 14.6. The van der Waals surface area contributed by atoms with E-state index in [0.717, 1.165) is 0 Å². The first-order valence-electron chi connectivity index (χ1n) is 9.03. The fraction of sp³-hybridized carbons (Fsp3) is 0.227. The van der Waals surface area contributed by atoms with Crippen molar-refractivity contribution in [1.82, 2.24) is 9.97 Å². The van der Waals surface area contributed by atoms with Gasteiger partial charge in [-0.05, 0) is 37.7 Å². The second-order valence-corrected chi connectivity index (χ2v) is 7.17. The Bertz CT molecular complexity index is 1150. The number of amides is 1. The largest absolute Gasteiger partial charge is 2.00 e. The molecule has 0 saturated heterocycles. The Kier molecular flexibility index (Phi) is 7.55. The van der Waals surface area contributed by atoms with E-state index >= 15 is 0 Å². The zero-order valence-corrected chi connectivity index (χ0v) is 19.3. The van der Waals surface area contributed by atoms with E-state index < -0.39 is 40.3 Å². The minimum absolute atomic E-state index is 0. The van der Waals surface area contributed by atoms with E-state index in [1.54, 1.807) is 32.0 Å². The molecule has 0 spiro atoms. The van der Waals surface area contributed by atoms with Gasteiger partial charge >= 0.3 is 27.2 Å². The van der Waals surface area contributed by atoms with Crippen LogP contribution in [0.1, 0.15) is 41.3 Å². The molecular formula is C22H16F5N3OPt. The quantitative estimate of drug-likeness (QED) is 0.275. The fourth-order valence-electron chi connectivity index (χ4n) is 3.02. The van der Waals surface area contributed by atoms with Crippen molar-refractivity contribution in [2.75, 3.05) is 7.05 Å². The summed E-state index contributed by atoms with van der Waals surface area (Å²) in [6, 6.07) is 11.8. The Morgan fingerprint density at radius 2 is 1.59 bits per heavy atom. The van der Waals surface area contributed by atoms with Crippen LogP contribution >= 0.6 is 0 Å². The standard InChI is InChI=1S/C22H17F5N3O.Pt/c1-21(2,17-9-5-7-15(30-17)20(31)28-3)16-8-4-6-14(29-16)12-10-11-13(23)18(19(12)24)22(25,26)27;/h4-9,11H,1-3H3,(H,28,31);/q-1;+2/p-1. The zero-order valence-electron chi connectivity index (χ0n) is 17.0. The summed E-state index contributed by atoms with van der Waals surface area (Å²) < 4.78 is 67.4. The van der Waals surface area contributed by atoms with Crippen molar-refractivity contribution in [3.63, 3.8) is 0 Å². The first-order valence-corrected chi connectivity index (χ1v) is 9.03. The van der Waals surface area contributed by atoms with Crippen molar-refractivity contribution in [2.24, 2.45) is 0 Å². The van der Waals surface area contributed by atoms with E-state index in [0.29, 0.717) is 17.5 Å². The Labute approximate surface area is 195 Å². The Balaban J connectivity index is 0.00000363. The van der Waals surface area contributed by atoms with Crippen LogP contribution in [0.15, 0.2) is 42.5 Å². The number of hydrogen-bond donors (Lipinski definition) is 0. The van der Waals surface area contributed by atoms with Gasteiger partial charge in [0.15, 0.2) is 0 Å². The molecule has 10 heteroatoms. The molecule has 3 rings (SSSR count). The average molecular weight is 628 g/mol. The summed E-state index contributed by atoms with van der Waals surface area (Å²) in [5.41, 5.74) is -2.73. The van der Waals surface area contributed by atoms with Crippen LogP contribution in [0.4, 0.5) is 22.0 Å². The Morgan fingerprint density at radius 1 is 1.00 bits per heavy atom. The van der Waals surface area contributed by atoms with Crippen LogP contribution in [0.5, 0.6) is 0 Å². The van der Waals surface area contributed by atoms with Gasteiger partial charge in [-0.15, -0.1) is 19.2 Å². The summed E-state index contributed by atoms with van der Waals surface area (Å²) in [5, 5.41) is 3.57. The third-order valence-corrected chi connectivity index (χ3v) is 4.76. The second kappa shape index (κ2) is 9.45. The van der Waals surface area contributed by atoms with Crippen molar-refractivity contribution < 1.29 is 47.8 Å². The molecule has 0 saturated carbocycles. The topological polar surface area (TPSA) is 57.0 Å². The normalized spacial score (nSPS) is 11.6. The van der Waals surface area contributed by atoms with Gasteiger partial charge in [-0.25, -0.2) is 0 Å². The molecule has 0 atom stereocenters. The van der Waals surface area contributed by atoms with Crippen LogP contribution in [0.25, 0.3) is 16.6 Å². The number of benzene rings is 1. The molecule has 1 amide bonds. The molecule has 2 heterocycles. The van der Waals surface area contributed by atoms with Gasteiger partial charge in [0.1, 0.15) is 5.91 Å². The molecule has 2 aromatic heterocycles. The number of hydrogen-bond acceptors (Lipinski definition) is 3. The third-order valence-electron chi connectivity index (χ3n) is 4.76. The van der Waals surface area contributed by atoms with E-state index in [1.807, 2.05) is 0 Å². The second-order valence-electron chi connectivity index (χ2n) is 7.17. The minimum atomic E-state index is -5.21. The number of carbonyl (C=O) groups excluding carboxylic acids is 1. The maximum Gasteiger partial charge on any atom is 2.00 e. The molecule has 0 N–H and O–H groups in total. The molecule has 1 aromatic carbocycles. The number of carbonyl (C=O) groups is 1. The summed E-state index contributed by atoms with van der Waals surface area (Å²) in [5.74, 6) is -4.05. The molecule has 32 heavy (non-hydrogen) atoms. The van der Waals surface area contributed by atoms with E-state index in [4.69, 9.17) is 0 Å². The monoisotopic (exact) mass is 628 g/mol. The molecule has 4 nitrogen and oxygen atoms in total. The van der Waals surface area contributed by atoms with Crippen molar-refractivity contribution in [3.8, 4) is 11.3 Å². The predicted octanol–water partition coefficient (Wildman–Crippen LogP) is 5.71. The van der Waals surface area contributed by atoms with Crippen molar-refractivity contribution in [3.05, 3.63) is 88.1 Å². The molecule has 0 aliphatic carbocycles. The van der Waals surface area contributed by atoms with Crippen LogP contribution in [0.3, 0.4) is 0 Å². The van der Waals surface area contributed by atoms with Gasteiger partial charge in [0.25, 0.3) is 0 Å². The van der Waals surface area contributed by atoms with Crippen LogP contribution < -0.4 is 0 Å². The summed E-state index contributed by atoms with van der Waals surface area (Å²) in [6.07, 6.45) is -5.21. The average Bonchev–Trinajstić information content (AvgIpc) is 2.72. The SMILES string of the molecule is C[N-]C(=O)c1cccc(C(C)(C)c2cccc(-c3[c-]cc(F)c(C(F)(F)F)c3F)n2)n1.[Pt+2]. The summed E-state index contributed by atoms with van der Waals surface area (Å²) in [4.78, 5) is 20.4. The summed E-state index contributed by atoms with van der Waals surface area (Å²) in [6.45, 7) is 3.48. The Morgan fingerprint density at radius 3 is 2.19 bits per heavy atom. The maximum absolute atomic E-state index is 14.6. The van der Waals surface area contributed by atoms with E-state index in [-0.39, 0.29) is 32.5 Å². The van der Waals surface area contributed by atoms with Crippen LogP contribution in [0, 0.1) is 17.7 Å². The minimum Gasteiger partial charge on any atom is -0.650 e. The van der Waals surface area contributed by atoms with Gasteiger partial charge in [0.2, 0.25) is 0 Å². The first-order chi connectivity index (χ1) is 14.5. The molecule has 3 aromatic rings. The number of halogens is 5. The van der Waals surface area contributed by atoms with E-state index in [2.05, 4.69) is 21.4 Å². The molecule has 170 valence electrons. The zero-order chi connectivity index (χ0) is 23.0. The van der Waals surface area contributed by atoms with Gasteiger partial charge in [-0.3, -0.25) is 13.8 Å². The first kappa shape index (κ1) is 25.6. The molecule has 0 aliphatic rings. The number of rotatable bonds is 4. The van der Waals surface area contributed by atoms with E-state index in [1.165, 1.54) is 25.2 Å². The van der Waals surface area contributed by atoms with Crippen molar-refractivity contribution in [2.45, 2.75) is 25.4 Å². The Hall–Kier alpha value is -2.67. The van der Waals surface area contributed by atoms with Crippen molar-refractivity contribution >= 4 is 5.91 Å².